The van der Waals surface area contributed by atoms with Crippen LogP contribution in [0, 0.1) is 22.7 Å². The summed E-state index contributed by atoms with van der Waals surface area (Å²) in [4.78, 5) is 25.0. The van der Waals surface area contributed by atoms with Gasteiger partial charge in [0.25, 0.3) is 0 Å². The van der Waals surface area contributed by atoms with Crippen LogP contribution in [0.25, 0.3) is 0 Å². The van der Waals surface area contributed by atoms with Crippen LogP contribution in [-0.2, 0) is 19.1 Å². The molecule has 0 spiro atoms. The fraction of sp³-hybridized carbons (Fsp3) is 0.786. The molecule has 4 fully saturated rings. The zero-order valence-corrected chi connectivity index (χ0v) is 23.3. The van der Waals surface area contributed by atoms with E-state index in [0.29, 0.717) is 30.1 Å². The van der Waals surface area contributed by atoms with Gasteiger partial charge in [-0.05, 0) is 68.6 Å². The van der Waals surface area contributed by atoms with Gasteiger partial charge in [0.2, 0.25) is 0 Å². The van der Waals surface area contributed by atoms with Crippen LogP contribution in [0.4, 0.5) is 0 Å². The highest BCUT2D eigenvalue weighted by Crippen LogP contribution is 2.61. The number of allylic oxidation sites excluding steroid dienone is 2. The zero-order chi connectivity index (χ0) is 25.9. The number of aliphatic hydroxyl groups is 2. The van der Waals surface area contributed by atoms with Crippen molar-refractivity contribution < 1.29 is 29.3 Å². The van der Waals surface area contributed by atoms with Crippen molar-refractivity contribution in [3.8, 4) is 0 Å². The molecule has 0 aromatic rings. The lowest BCUT2D eigenvalue weighted by atomic mass is 9.46. The Kier molecular flexibility index (Phi) is 9.22. The Bertz CT molecular complexity index is 868. The number of esters is 2. The summed E-state index contributed by atoms with van der Waals surface area (Å²) < 4.78 is 10.9. The molecule has 0 radical (unpaired) electrons. The molecule has 0 aromatic heterocycles. The summed E-state index contributed by atoms with van der Waals surface area (Å²) in [5, 5.41) is 21.6. The second kappa shape index (κ2) is 11.8. The zero-order valence-electron chi connectivity index (χ0n) is 21.7. The normalized spacial score (nSPS) is 39.8. The molecule has 6 nitrogen and oxygen atoms in total. The molecule has 4 aliphatic rings. The maximum atomic E-state index is 12.5. The summed E-state index contributed by atoms with van der Waals surface area (Å²) in [6, 6.07) is 0. The summed E-state index contributed by atoms with van der Waals surface area (Å²) in [6.07, 6.45) is 9.15. The van der Waals surface area contributed by atoms with Crippen molar-refractivity contribution in [2.75, 3.05) is 19.0 Å². The molecule has 0 amide bonds. The number of carbonyl (C=O) groups excluding carboxylic acids is 2. The number of unbranched alkanes of at least 4 members (excludes halogenated alkanes) is 1. The summed E-state index contributed by atoms with van der Waals surface area (Å²) in [5.41, 5.74) is 0.912. The van der Waals surface area contributed by atoms with E-state index in [0.717, 1.165) is 44.1 Å². The van der Waals surface area contributed by atoms with Gasteiger partial charge in [-0.15, -0.1) is 0 Å². The minimum absolute atomic E-state index is 0.0441. The molecule has 2 saturated carbocycles. The SMILES string of the molecule is C=C1CCC2[C@](C)(CO)[C@H](O)CC[C@@]2(C)[C@@H]1C/C=C1/C(=O)OC[C@H]1OC(=O)CCCCC1CCSS1. The molecule has 2 unspecified atom stereocenters. The van der Waals surface area contributed by atoms with Crippen LogP contribution < -0.4 is 0 Å². The van der Waals surface area contributed by atoms with Crippen molar-refractivity contribution in [3.63, 3.8) is 0 Å². The lowest BCUT2D eigenvalue weighted by molar-refractivity contribution is -0.151. The van der Waals surface area contributed by atoms with Crippen molar-refractivity contribution in [2.45, 2.75) is 95.5 Å². The second-order valence-electron chi connectivity index (χ2n) is 11.6. The average Bonchev–Trinajstić information content (AvgIpc) is 3.49. The van der Waals surface area contributed by atoms with E-state index < -0.39 is 23.6 Å². The number of fused-ring (bicyclic) bond motifs is 1. The van der Waals surface area contributed by atoms with E-state index in [9.17, 15) is 19.8 Å². The van der Waals surface area contributed by atoms with Crippen LogP contribution >= 0.6 is 21.6 Å². The molecule has 7 atom stereocenters. The maximum absolute atomic E-state index is 12.5. The highest BCUT2D eigenvalue weighted by Gasteiger charge is 2.57. The van der Waals surface area contributed by atoms with Crippen LogP contribution in [0.3, 0.4) is 0 Å². The third-order valence-electron chi connectivity index (χ3n) is 9.37. The summed E-state index contributed by atoms with van der Waals surface area (Å²) in [6.45, 7) is 8.65. The Morgan fingerprint density at radius 3 is 2.81 bits per heavy atom. The van der Waals surface area contributed by atoms with Gasteiger partial charge in [-0.2, -0.15) is 0 Å². The third-order valence-corrected chi connectivity index (χ3v) is 12.4. The Hall–Kier alpha value is -0.960. The number of carbonyl (C=O) groups is 2. The summed E-state index contributed by atoms with van der Waals surface area (Å²) >= 11 is 0. The predicted molar refractivity (Wildman–Crippen MR) is 144 cm³/mol. The minimum Gasteiger partial charge on any atom is -0.458 e. The van der Waals surface area contributed by atoms with E-state index in [4.69, 9.17) is 9.47 Å². The van der Waals surface area contributed by atoms with E-state index in [-0.39, 0.29) is 36.4 Å². The Labute approximate surface area is 223 Å². The molecular weight excluding hydrogens is 496 g/mol. The molecule has 2 N–H and O–H groups in total. The Morgan fingerprint density at radius 2 is 2.08 bits per heavy atom. The molecule has 36 heavy (non-hydrogen) atoms. The second-order valence-corrected chi connectivity index (χ2v) is 14.4. The third kappa shape index (κ3) is 5.71. The van der Waals surface area contributed by atoms with Gasteiger partial charge in [0.15, 0.2) is 6.10 Å². The quantitative estimate of drug-likeness (QED) is 0.136. The molecule has 4 rings (SSSR count). The topological polar surface area (TPSA) is 93.1 Å². The van der Waals surface area contributed by atoms with Crippen molar-refractivity contribution in [1.29, 1.82) is 0 Å². The number of hydrogen-bond donors (Lipinski definition) is 2. The minimum atomic E-state index is -0.650. The first-order valence-electron chi connectivity index (χ1n) is 13.5. The van der Waals surface area contributed by atoms with Crippen molar-refractivity contribution in [2.24, 2.45) is 22.7 Å². The molecule has 0 aromatic carbocycles. The molecule has 2 aliphatic carbocycles. The Morgan fingerprint density at radius 1 is 1.28 bits per heavy atom. The van der Waals surface area contributed by atoms with Crippen molar-refractivity contribution in [3.05, 3.63) is 23.8 Å². The lowest BCUT2D eigenvalue weighted by Gasteiger charge is -2.59. The van der Waals surface area contributed by atoms with Crippen molar-refractivity contribution >= 4 is 33.5 Å². The molecule has 8 heteroatoms. The summed E-state index contributed by atoms with van der Waals surface area (Å²) in [5.74, 6) is 0.827. The smallest absolute Gasteiger partial charge is 0.337 e. The Balaban J connectivity index is 1.37. The van der Waals surface area contributed by atoms with Crippen LogP contribution in [0.15, 0.2) is 23.8 Å². The van der Waals surface area contributed by atoms with Gasteiger partial charge < -0.3 is 19.7 Å². The van der Waals surface area contributed by atoms with Gasteiger partial charge in [-0.25, -0.2) is 4.79 Å². The molecule has 2 aliphatic heterocycles. The number of hydrogen-bond acceptors (Lipinski definition) is 8. The monoisotopic (exact) mass is 538 g/mol. The van der Waals surface area contributed by atoms with Gasteiger partial charge in [0.05, 0.1) is 18.3 Å². The number of rotatable bonds is 9. The number of cyclic esters (lactones) is 1. The first-order chi connectivity index (χ1) is 17.2. The first-order valence-corrected chi connectivity index (χ1v) is 15.9. The van der Waals surface area contributed by atoms with Gasteiger partial charge in [0, 0.05) is 22.8 Å². The molecule has 2 saturated heterocycles. The van der Waals surface area contributed by atoms with Gasteiger partial charge in [0.1, 0.15) is 6.61 Å². The van der Waals surface area contributed by atoms with Crippen molar-refractivity contribution in [1.82, 2.24) is 0 Å². The molecule has 202 valence electrons. The predicted octanol–water partition coefficient (Wildman–Crippen LogP) is 5.23. The number of aliphatic hydroxyl groups excluding tert-OH is 2. The summed E-state index contributed by atoms with van der Waals surface area (Å²) in [7, 11) is 3.90. The van der Waals surface area contributed by atoms with Gasteiger partial charge >= 0.3 is 11.9 Å². The highest BCUT2D eigenvalue weighted by atomic mass is 33.1. The fourth-order valence-corrected chi connectivity index (χ4v) is 10.1. The van der Waals surface area contributed by atoms with E-state index >= 15 is 0 Å². The van der Waals surface area contributed by atoms with Crippen LogP contribution in [-0.4, -0.2) is 58.6 Å². The van der Waals surface area contributed by atoms with Crippen LogP contribution in [0.5, 0.6) is 0 Å². The molecule has 2 heterocycles. The lowest BCUT2D eigenvalue weighted by Crippen LogP contribution is -2.57. The van der Waals surface area contributed by atoms with Gasteiger partial charge in [-0.1, -0.05) is 60.1 Å². The van der Waals surface area contributed by atoms with E-state index in [1.54, 1.807) is 0 Å². The van der Waals surface area contributed by atoms with E-state index in [2.05, 4.69) is 13.5 Å². The van der Waals surface area contributed by atoms with Gasteiger partial charge in [-0.3, -0.25) is 4.79 Å². The largest absolute Gasteiger partial charge is 0.458 e. The first kappa shape index (κ1) is 28.1. The van der Waals surface area contributed by atoms with E-state index in [1.165, 1.54) is 12.2 Å². The van der Waals surface area contributed by atoms with Crippen LogP contribution in [0.2, 0.25) is 0 Å². The fourth-order valence-electron chi connectivity index (χ4n) is 7.07. The standard InChI is InChI=1S/C28H42O6S2/c1-18-8-11-23-27(2,14-12-24(30)28(23,3)17-29)21(18)10-9-20-22(16-33-26(20)32)34-25(31)7-5-4-6-19-13-15-35-36-19/h9,19,21-24,29-30H,1,4-8,10-17H2,2-3H3/b20-9+/t19?,21-,22-,23?,24-,27+,28+/m1/s1. The average molecular weight is 539 g/mol. The number of ether oxygens (including phenoxy) is 2. The highest BCUT2D eigenvalue weighted by molar-refractivity contribution is 8.77. The maximum Gasteiger partial charge on any atom is 0.337 e. The van der Waals surface area contributed by atoms with E-state index in [1.807, 2.05) is 34.6 Å². The molecule has 0 bridgehead atoms. The molecular formula is C28H42O6S2. The van der Waals surface area contributed by atoms with Crippen LogP contribution in [0.1, 0.15) is 78.1 Å².